The fourth-order valence-electron chi connectivity index (χ4n) is 8.28. The zero-order valence-electron chi connectivity index (χ0n) is 30.0. The van der Waals surface area contributed by atoms with Gasteiger partial charge in [-0.3, -0.25) is 0 Å². The van der Waals surface area contributed by atoms with Crippen molar-refractivity contribution < 1.29 is 0 Å². The molecule has 0 radical (unpaired) electrons. The maximum atomic E-state index is 2.71. The van der Waals surface area contributed by atoms with Gasteiger partial charge in [-0.25, -0.2) is 0 Å². The van der Waals surface area contributed by atoms with Gasteiger partial charge in [0.05, 0.1) is 0 Å². The summed E-state index contributed by atoms with van der Waals surface area (Å²) in [6, 6.07) is 35.7. The molecule has 0 aliphatic heterocycles. The Morgan fingerprint density at radius 1 is 0.511 bits per heavy atom. The topological polar surface area (TPSA) is 0 Å². The highest BCUT2D eigenvalue weighted by Crippen LogP contribution is 2.48. The molecule has 0 saturated heterocycles. The fourth-order valence-corrected chi connectivity index (χ4v) is 13.8. The van der Waals surface area contributed by atoms with Crippen molar-refractivity contribution >= 4 is 20.2 Å². The van der Waals surface area contributed by atoms with Crippen LogP contribution in [0.1, 0.15) is 125 Å². The number of unbranched alkanes of at least 4 members (excludes halogenated alkanes) is 4. The lowest BCUT2D eigenvalue weighted by Crippen LogP contribution is -2.40. The molecule has 4 aromatic rings. The summed E-state index contributed by atoms with van der Waals surface area (Å²) in [7, 11) is -1.97. The maximum absolute atomic E-state index is 2.71. The third kappa shape index (κ3) is 6.93. The van der Waals surface area contributed by atoms with Gasteiger partial charge in [0.1, 0.15) is 8.07 Å². The van der Waals surface area contributed by atoms with Crippen LogP contribution in [0.2, 0.25) is 12.1 Å². The predicted octanol–water partition coefficient (Wildman–Crippen LogP) is 13.8. The predicted molar refractivity (Wildman–Crippen MR) is 210 cm³/mol. The second-order valence-corrected chi connectivity index (χ2v) is 19.4. The number of fused-ring (bicyclic) bond motifs is 2. The first-order valence-corrected chi connectivity index (χ1v) is 21.1. The second-order valence-electron chi connectivity index (χ2n) is 15.0. The van der Waals surface area contributed by atoms with Gasteiger partial charge in [0.25, 0.3) is 0 Å². The standard InChI is InChI=1S/C46H56Si/c1-7-9-11-27-47(28-12-10-8-2,41-29-39-15-13-17-43(45(39)31-41)37-23-19-35(20-24-37)33(3)4)42-30-40-16-14-18-44(46(40)32-42)38-25-21-36(22-26-38)34(5)6/h13-26,31-34H,7-12,27-30H2,1-6H3. The van der Waals surface area contributed by atoms with E-state index in [4.69, 9.17) is 0 Å². The van der Waals surface area contributed by atoms with Crippen LogP contribution in [0.25, 0.3) is 34.4 Å². The minimum Gasteiger partial charge on any atom is -0.0709 e. The largest absolute Gasteiger partial charge is 0.109 e. The van der Waals surface area contributed by atoms with E-state index in [0.29, 0.717) is 11.8 Å². The van der Waals surface area contributed by atoms with Gasteiger partial charge >= 0.3 is 0 Å². The SMILES string of the molecule is CCCCC[Si](CCCCC)(C1=Cc2c(cccc2-c2ccc(C(C)C)cc2)C1)C1=Cc2c(cccc2-c2ccc(C(C)C)cc2)C1. The van der Waals surface area contributed by atoms with Gasteiger partial charge < -0.3 is 0 Å². The van der Waals surface area contributed by atoms with E-state index in [2.05, 4.69) is 139 Å². The third-order valence-corrected chi connectivity index (χ3v) is 16.7. The van der Waals surface area contributed by atoms with E-state index in [-0.39, 0.29) is 0 Å². The van der Waals surface area contributed by atoms with E-state index in [1.165, 1.54) is 106 Å². The molecule has 0 fully saturated rings. The third-order valence-electron chi connectivity index (χ3n) is 11.2. The van der Waals surface area contributed by atoms with Crippen LogP contribution in [-0.2, 0) is 12.8 Å². The Morgan fingerprint density at radius 3 is 1.28 bits per heavy atom. The average Bonchev–Trinajstić information content (AvgIpc) is 3.73. The van der Waals surface area contributed by atoms with Crippen molar-refractivity contribution in [2.24, 2.45) is 0 Å². The number of hydrogen-bond donors (Lipinski definition) is 0. The van der Waals surface area contributed by atoms with E-state index in [9.17, 15) is 0 Å². The number of rotatable bonds is 14. The molecule has 0 amide bonds. The molecule has 0 nitrogen and oxygen atoms in total. The Morgan fingerprint density at radius 2 is 0.915 bits per heavy atom. The first-order chi connectivity index (χ1) is 22.8. The molecule has 0 bridgehead atoms. The van der Waals surface area contributed by atoms with Crippen molar-refractivity contribution in [1.82, 2.24) is 0 Å². The minimum absolute atomic E-state index is 0.554. The smallest absolute Gasteiger partial charge is 0.0709 e. The summed E-state index contributed by atoms with van der Waals surface area (Å²) in [6.07, 6.45) is 15.6. The summed E-state index contributed by atoms with van der Waals surface area (Å²) in [5.74, 6) is 1.11. The van der Waals surface area contributed by atoms with Crippen molar-refractivity contribution in [3.05, 3.63) is 129 Å². The van der Waals surface area contributed by atoms with Crippen LogP contribution in [-0.4, -0.2) is 8.07 Å². The molecule has 0 saturated carbocycles. The van der Waals surface area contributed by atoms with Gasteiger partial charge in [0.2, 0.25) is 0 Å². The van der Waals surface area contributed by atoms with Crippen molar-refractivity contribution in [1.29, 1.82) is 0 Å². The van der Waals surface area contributed by atoms with E-state index >= 15 is 0 Å². The summed E-state index contributed by atoms with van der Waals surface area (Å²) < 4.78 is 0. The molecule has 2 aliphatic rings. The minimum atomic E-state index is -1.97. The van der Waals surface area contributed by atoms with Crippen LogP contribution in [0, 0.1) is 0 Å². The Balaban J connectivity index is 1.44. The van der Waals surface area contributed by atoms with E-state index in [1.54, 1.807) is 10.4 Å². The highest BCUT2D eigenvalue weighted by Gasteiger charge is 2.43. The van der Waals surface area contributed by atoms with Gasteiger partial charge in [0, 0.05) is 0 Å². The Labute approximate surface area is 287 Å². The van der Waals surface area contributed by atoms with Gasteiger partial charge in [-0.15, -0.1) is 0 Å². The second kappa shape index (κ2) is 14.8. The lowest BCUT2D eigenvalue weighted by Gasteiger charge is -2.36. The molecule has 0 atom stereocenters. The number of benzene rings is 4. The van der Waals surface area contributed by atoms with Crippen LogP contribution in [0.3, 0.4) is 0 Å². The molecule has 0 aromatic heterocycles. The van der Waals surface area contributed by atoms with E-state index < -0.39 is 8.07 Å². The van der Waals surface area contributed by atoms with Gasteiger partial charge in [-0.1, -0.05) is 188 Å². The van der Waals surface area contributed by atoms with Crippen molar-refractivity contribution in [3.63, 3.8) is 0 Å². The molecular formula is C46H56Si. The summed E-state index contributed by atoms with van der Waals surface area (Å²) >= 11 is 0. The first kappa shape index (κ1) is 33.5. The quantitative estimate of drug-likeness (QED) is 0.0954. The molecule has 6 rings (SSSR count). The fraction of sp³-hybridized carbons (Fsp3) is 0.391. The number of hydrogen-bond acceptors (Lipinski definition) is 0. The van der Waals surface area contributed by atoms with Crippen LogP contribution in [0.5, 0.6) is 0 Å². The zero-order chi connectivity index (χ0) is 33.0. The van der Waals surface area contributed by atoms with Crippen molar-refractivity contribution in [2.45, 2.75) is 117 Å². The van der Waals surface area contributed by atoms with E-state index in [0.717, 1.165) is 12.8 Å². The van der Waals surface area contributed by atoms with Crippen molar-refractivity contribution in [3.8, 4) is 22.3 Å². The lowest BCUT2D eigenvalue weighted by molar-refractivity contribution is 0.739. The summed E-state index contributed by atoms with van der Waals surface area (Å²) in [6.45, 7) is 13.9. The molecule has 0 unspecified atom stereocenters. The van der Waals surface area contributed by atoms with Crippen molar-refractivity contribution in [2.75, 3.05) is 0 Å². The molecular weight excluding hydrogens is 581 g/mol. The van der Waals surface area contributed by atoms with Gasteiger partial charge in [-0.05, 0) is 92.4 Å². The van der Waals surface area contributed by atoms with Crippen LogP contribution >= 0.6 is 0 Å². The number of allylic oxidation sites excluding steroid dienone is 2. The Hall–Kier alpha value is -3.42. The lowest BCUT2D eigenvalue weighted by atomic mass is 9.94. The summed E-state index contributed by atoms with van der Waals surface area (Å²) in [5.41, 5.74) is 14.4. The molecule has 244 valence electrons. The molecule has 0 spiro atoms. The highest BCUT2D eigenvalue weighted by atomic mass is 28.3. The summed E-state index contributed by atoms with van der Waals surface area (Å²) in [4.78, 5) is 0. The molecule has 0 heterocycles. The molecule has 2 aliphatic carbocycles. The maximum Gasteiger partial charge on any atom is 0.109 e. The average molecular weight is 637 g/mol. The zero-order valence-corrected chi connectivity index (χ0v) is 31.0. The van der Waals surface area contributed by atoms with E-state index in [1.807, 2.05) is 0 Å². The normalized spacial score (nSPS) is 14.0. The highest BCUT2D eigenvalue weighted by molar-refractivity contribution is 6.94. The van der Waals surface area contributed by atoms with Crippen LogP contribution in [0.4, 0.5) is 0 Å². The molecule has 47 heavy (non-hydrogen) atoms. The first-order valence-electron chi connectivity index (χ1n) is 18.7. The monoisotopic (exact) mass is 636 g/mol. The van der Waals surface area contributed by atoms with Gasteiger partial charge in [-0.2, -0.15) is 0 Å². The summed E-state index contributed by atoms with van der Waals surface area (Å²) in [5, 5.41) is 3.60. The molecule has 4 aromatic carbocycles. The van der Waals surface area contributed by atoms with Crippen LogP contribution in [0.15, 0.2) is 95.3 Å². The van der Waals surface area contributed by atoms with Gasteiger partial charge in [0.15, 0.2) is 0 Å². The Kier molecular flexibility index (Phi) is 10.5. The van der Waals surface area contributed by atoms with Crippen LogP contribution < -0.4 is 0 Å². The molecule has 0 N–H and O–H groups in total. The Bertz CT molecular complexity index is 1600. The molecule has 1 heteroatoms.